The Bertz CT molecular complexity index is 270. The molecule has 0 aliphatic carbocycles. The first-order valence-corrected chi connectivity index (χ1v) is 10.5. The quantitative estimate of drug-likeness (QED) is 0.179. The van der Waals surface area contributed by atoms with Crippen LogP contribution in [0, 0.1) is 0 Å². The van der Waals surface area contributed by atoms with Crippen molar-refractivity contribution in [3.05, 3.63) is 0 Å². The fourth-order valence-electron chi connectivity index (χ4n) is 1.74. The molecule has 0 radical (unpaired) electrons. The SMILES string of the molecule is COCCOCCOCCO[Si](OC)(OC)OCCOCCOCCOC. The normalized spacial score (nSPS) is 12.0. The topological polar surface area (TPSA) is 92.3 Å². The van der Waals surface area contributed by atoms with Crippen molar-refractivity contribution in [2.75, 3.05) is 108 Å². The summed E-state index contributed by atoms with van der Waals surface area (Å²) in [5.41, 5.74) is 0. The lowest BCUT2D eigenvalue weighted by molar-refractivity contribution is -0.0432. The number of methoxy groups -OCH3 is 2. The summed E-state index contributed by atoms with van der Waals surface area (Å²) in [7, 11) is 3.07. The second kappa shape index (κ2) is 20.5. The van der Waals surface area contributed by atoms with Crippen molar-refractivity contribution in [3.8, 4) is 0 Å². The van der Waals surface area contributed by atoms with Crippen molar-refractivity contribution < 1.29 is 46.1 Å². The van der Waals surface area contributed by atoms with Gasteiger partial charge in [-0.3, -0.25) is 0 Å². The van der Waals surface area contributed by atoms with Gasteiger partial charge in [0, 0.05) is 28.4 Å². The number of ether oxygens (including phenoxy) is 6. The largest absolute Gasteiger partial charge is 0.679 e. The monoisotopic (exact) mass is 416 g/mol. The van der Waals surface area contributed by atoms with Crippen molar-refractivity contribution in [1.82, 2.24) is 0 Å². The Morgan fingerprint density at radius 1 is 0.407 bits per heavy atom. The van der Waals surface area contributed by atoms with E-state index in [0.717, 1.165) is 0 Å². The Hall–Kier alpha value is -0.183. The molecular weight excluding hydrogens is 380 g/mol. The molecule has 0 atom stereocenters. The third-order valence-electron chi connectivity index (χ3n) is 3.12. The van der Waals surface area contributed by atoms with Gasteiger partial charge in [0.1, 0.15) is 0 Å². The summed E-state index contributed by atoms with van der Waals surface area (Å²) in [6, 6.07) is 0. The lowest BCUT2D eigenvalue weighted by Gasteiger charge is -2.24. The Morgan fingerprint density at radius 2 is 0.704 bits per heavy atom. The fraction of sp³-hybridized carbons (Fsp3) is 1.00. The van der Waals surface area contributed by atoms with E-state index in [1.165, 1.54) is 14.2 Å². The smallest absolute Gasteiger partial charge is 0.382 e. The lowest BCUT2D eigenvalue weighted by Crippen LogP contribution is -2.48. The fourth-order valence-corrected chi connectivity index (χ4v) is 3.13. The lowest BCUT2D eigenvalue weighted by atomic mass is 10.7. The zero-order chi connectivity index (χ0) is 20.1. The molecule has 0 aromatic rings. The van der Waals surface area contributed by atoms with Crippen molar-refractivity contribution in [3.63, 3.8) is 0 Å². The van der Waals surface area contributed by atoms with Crippen LogP contribution in [0.5, 0.6) is 0 Å². The molecule has 0 N–H and O–H groups in total. The van der Waals surface area contributed by atoms with Crippen molar-refractivity contribution in [2.24, 2.45) is 0 Å². The highest BCUT2D eigenvalue weighted by Gasteiger charge is 2.43. The van der Waals surface area contributed by atoms with Gasteiger partial charge in [-0.2, -0.15) is 0 Å². The molecule has 0 bridgehead atoms. The van der Waals surface area contributed by atoms with E-state index in [2.05, 4.69) is 0 Å². The van der Waals surface area contributed by atoms with E-state index in [1.54, 1.807) is 14.2 Å². The van der Waals surface area contributed by atoms with Gasteiger partial charge in [-0.05, 0) is 0 Å². The van der Waals surface area contributed by atoms with Crippen molar-refractivity contribution >= 4 is 9.05 Å². The van der Waals surface area contributed by atoms with Crippen LogP contribution in [0.3, 0.4) is 0 Å². The van der Waals surface area contributed by atoms with Gasteiger partial charge in [0.15, 0.2) is 0 Å². The van der Waals surface area contributed by atoms with Gasteiger partial charge in [0.25, 0.3) is 0 Å². The Morgan fingerprint density at radius 3 is 1.00 bits per heavy atom. The van der Waals surface area contributed by atoms with Crippen LogP contribution in [0.1, 0.15) is 0 Å². The van der Waals surface area contributed by atoms with Gasteiger partial charge in [-0.1, -0.05) is 0 Å². The molecule has 164 valence electrons. The third-order valence-corrected chi connectivity index (χ3v) is 5.24. The average molecular weight is 417 g/mol. The van der Waals surface area contributed by atoms with Crippen LogP contribution in [0.15, 0.2) is 0 Å². The predicted molar refractivity (Wildman–Crippen MR) is 98.7 cm³/mol. The van der Waals surface area contributed by atoms with Crippen LogP contribution in [-0.4, -0.2) is 117 Å². The van der Waals surface area contributed by atoms with E-state index < -0.39 is 9.05 Å². The van der Waals surface area contributed by atoms with Gasteiger partial charge in [0.2, 0.25) is 0 Å². The van der Waals surface area contributed by atoms with E-state index in [-0.39, 0.29) is 0 Å². The highest BCUT2D eigenvalue weighted by molar-refractivity contribution is 6.53. The second-order valence-electron chi connectivity index (χ2n) is 5.04. The van der Waals surface area contributed by atoms with Gasteiger partial charge < -0.3 is 46.1 Å². The minimum Gasteiger partial charge on any atom is -0.382 e. The van der Waals surface area contributed by atoms with E-state index in [1.807, 2.05) is 0 Å². The van der Waals surface area contributed by atoms with Gasteiger partial charge in [-0.15, -0.1) is 0 Å². The molecule has 0 heterocycles. The molecule has 0 saturated heterocycles. The standard InChI is InChI=1S/C16H36O10Si/c1-17-5-7-21-9-11-23-13-15-25-27(19-3,20-4)26-16-14-24-12-10-22-8-6-18-2/h5-16H2,1-4H3. The maximum absolute atomic E-state index is 5.64. The van der Waals surface area contributed by atoms with Gasteiger partial charge >= 0.3 is 9.05 Å². The van der Waals surface area contributed by atoms with E-state index >= 15 is 0 Å². The molecule has 0 aliphatic rings. The summed E-state index contributed by atoms with van der Waals surface area (Å²) >= 11 is 0. The van der Waals surface area contributed by atoms with Crippen molar-refractivity contribution in [1.29, 1.82) is 0 Å². The van der Waals surface area contributed by atoms with Crippen LogP contribution in [0.4, 0.5) is 0 Å². The zero-order valence-electron chi connectivity index (χ0n) is 17.1. The molecule has 27 heavy (non-hydrogen) atoms. The highest BCUT2D eigenvalue weighted by atomic mass is 28.4. The molecule has 0 spiro atoms. The molecule has 0 unspecified atom stereocenters. The summed E-state index contributed by atoms with van der Waals surface area (Å²) in [5, 5.41) is 0. The Labute approximate surface area is 163 Å². The molecule has 0 aliphatic heterocycles. The summed E-state index contributed by atoms with van der Waals surface area (Å²) in [6.45, 7) is 5.55. The maximum atomic E-state index is 5.64. The molecule has 0 fully saturated rings. The summed E-state index contributed by atoms with van der Waals surface area (Å²) in [6.07, 6.45) is 0. The first-order chi connectivity index (χ1) is 13.2. The number of hydrogen-bond donors (Lipinski definition) is 0. The third kappa shape index (κ3) is 16.5. The first-order valence-electron chi connectivity index (χ1n) is 8.91. The second-order valence-corrected chi connectivity index (χ2v) is 7.43. The highest BCUT2D eigenvalue weighted by Crippen LogP contribution is 2.09. The molecule has 0 aromatic carbocycles. The molecular formula is C16H36O10Si. The zero-order valence-corrected chi connectivity index (χ0v) is 18.1. The van der Waals surface area contributed by atoms with E-state index in [4.69, 9.17) is 46.1 Å². The predicted octanol–water partition coefficient (Wildman–Crippen LogP) is 0.107. The Kier molecular flexibility index (Phi) is 20.4. The molecule has 0 amide bonds. The van der Waals surface area contributed by atoms with Crippen LogP contribution in [0.2, 0.25) is 0 Å². The maximum Gasteiger partial charge on any atom is 0.679 e. The van der Waals surface area contributed by atoms with E-state index in [0.29, 0.717) is 79.3 Å². The number of hydrogen-bond acceptors (Lipinski definition) is 10. The van der Waals surface area contributed by atoms with E-state index in [9.17, 15) is 0 Å². The Balaban J connectivity index is 3.67. The molecule has 0 saturated carbocycles. The van der Waals surface area contributed by atoms with Crippen LogP contribution >= 0.6 is 0 Å². The average Bonchev–Trinajstić information content (AvgIpc) is 2.70. The summed E-state index contributed by atoms with van der Waals surface area (Å²) in [5.74, 6) is 0. The molecule has 10 nitrogen and oxygen atoms in total. The number of rotatable bonds is 22. The molecule has 0 aromatic heterocycles. The van der Waals surface area contributed by atoms with Crippen LogP contribution < -0.4 is 0 Å². The minimum absolute atomic E-state index is 0.292. The van der Waals surface area contributed by atoms with Gasteiger partial charge in [0.05, 0.1) is 79.3 Å². The van der Waals surface area contributed by atoms with Gasteiger partial charge in [-0.25, -0.2) is 0 Å². The molecule has 0 rings (SSSR count). The summed E-state index contributed by atoms with van der Waals surface area (Å²) < 4.78 is 53.1. The summed E-state index contributed by atoms with van der Waals surface area (Å²) in [4.78, 5) is 0. The minimum atomic E-state index is -3.17. The van der Waals surface area contributed by atoms with Crippen molar-refractivity contribution in [2.45, 2.75) is 0 Å². The molecule has 11 heteroatoms. The van der Waals surface area contributed by atoms with Crippen LogP contribution in [0.25, 0.3) is 0 Å². The first kappa shape index (κ1) is 26.8. The van der Waals surface area contributed by atoms with Crippen LogP contribution in [-0.2, 0) is 46.1 Å².